The number of halogens is 1. The van der Waals surface area contributed by atoms with Gasteiger partial charge in [0.1, 0.15) is 6.61 Å². The maximum atomic E-state index is 12.7. The van der Waals surface area contributed by atoms with E-state index in [9.17, 15) is 9.59 Å². The third-order valence-corrected chi connectivity index (χ3v) is 5.91. The largest absolute Gasteiger partial charge is 0.493 e. The van der Waals surface area contributed by atoms with E-state index in [2.05, 4.69) is 10.9 Å². The summed E-state index contributed by atoms with van der Waals surface area (Å²) >= 11 is 6.43. The zero-order valence-corrected chi connectivity index (χ0v) is 19.8. The molecule has 2 N–H and O–H groups in total. The van der Waals surface area contributed by atoms with E-state index >= 15 is 0 Å². The summed E-state index contributed by atoms with van der Waals surface area (Å²) in [6.45, 7) is 2.65. The highest BCUT2D eigenvalue weighted by atomic mass is 35.5. The Bertz CT molecular complexity index is 1170. The molecular formula is C26H26ClN3O4. The molecule has 8 heteroatoms. The molecule has 0 bridgehead atoms. The van der Waals surface area contributed by atoms with E-state index in [-0.39, 0.29) is 18.2 Å². The van der Waals surface area contributed by atoms with Crippen LogP contribution in [0.2, 0.25) is 5.02 Å². The van der Waals surface area contributed by atoms with Crippen molar-refractivity contribution in [2.45, 2.75) is 20.0 Å². The molecule has 2 amide bonds. The Balaban J connectivity index is 1.37. The van der Waals surface area contributed by atoms with Crippen molar-refractivity contribution >= 4 is 34.8 Å². The van der Waals surface area contributed by atoms with E-state index in [4.69, 9.17) is 21.1 Å². The van der Waals surface area contributed by atoms with Gasteiger partial charge in [-0.25, -0.2) is 0 Å². The van der Waals surface area contributed by atoms with Crippen molar-refractivity contribution < 1.29 is 19.1 Å². The van der Waals surface area contributed by atoms with Gasteiger partial charge >= 0.3 is 0 Å². The number of benzene rings is 3. The molecule has 0 unspecified atom stereocenters. The number of aryl methyl sites for hydroxylation is 1. The number of rotatable bonds is 8. The number of methoxy groups -OCH3 is 1. The number of carbonyl (C=O) groups is 2. The summed E-state index contributed by atoms with van der Waals surface area (Å²) in [5, 5.41) is 0.341. The second-order valence-corrected chi connectivity index (χ2v) is 8.53. The lowest BCUT2D eigenvalue weighted by atomic mass is 10.1. The van der Waals surface area contributed by atoms with Gasteiger partial charge in [-0.3, -0.25) is 20.4 Å². The third-order valence-electron chi connectivity index (χ3n) is 5.63. The van der Waals surface area contributed by atoms with E-state index in [1.54, 1.807) is 17.0 Å². The van der Waals surface area contributed by atoms with E-state index < -0.39 is 5.92 Å². The first kappa shape index (κ1) is 23.4. The average molecular weight is 480 g/mol. The first-order valence-corrected chi connectivity index (χ1v) is 11.3. The van der Waals surface area contributed by atoms with Crippen molar-refractivity contribution in [3.05, 3.63) is 82.9 Å². The average Bonchev–Trinajstić information content (AvgIpc) is 3.24. The number of nitrogens with zero attached hydrogens (tertiary/aromatic N) is 1. The molecular weight excluding hydrogens is 454 g/mol. The number of carbonyl (C=O) groups excluding carboxylic acids is 2. The van der Waals surface area contributed by atoms with Gasteiger partial charge < -0.3 is 14.4 Å². The highest BCUT2D eigenvalue weighted by molar-refractivity contribution is 6.32. The molecule has 0 spiro atoms. The van der Waals surface area contributed by atoms with Crippen LogP contribution in [0, 0.1) is 12.8 Å². The van der Waals surface area contributed by atoms with Crippen molar-refractivity contribution in [3.8, 4) is 11.5 Å². The number of hydrogen-bond acceptors (Lipinski definition) is 5. The lowest BCUT2D eigenvalue weighted by molar-refractivity contribution is -0.125. The summed E-state index contributed by atoms with van der Waals surface area (Å²) in [5.41, 5.74) is 8.98. The van der Waals surface area contributed by atoms with Crippen LogP contribution in [-0.4, -0.2) is 25.5 Å². The molecule has 3 aromatic carbocycles. The first-order valence-electron chi connectivity index (χ1n) is 10.9. The standard InChI is InChI=1S/C26H26ClN3O4/c1-17-8-10-21(11-9-17)30-15-19(12-24(30)31)26(32)29-28-20-13-22(27)25(23(14-20)33-2)34-16-18-6-4-3-5-7-18/h3-11,13-14,19,28H,12,15-16H2,1-2H3,(H,29,32)/t19-/m1/s1. The van der Waals surface area contributed by atoms with Crippen LogP contribution < -0.4 is 25.2 Å². The lowest BCUT2D eigenvalue weighted by Gasteiger charge is -2.18. The molecule has 1 saturated heterocycles. The second kappa shape index (κ2) is 10.5. The molecule has 1 fully saturated rings. The normalized spacial score (nSPS) is 15.2. The highest BCUT2D eigenvalue weighted by Crippen LogP contribution is 2.38. The van der Waals surface area contributed by atoms with E-state index in [1.807, 2.05) is 61.5 Å². The summed E-state index contributed by atoms with van der Waals surface area (Å²) in [5.74, 6) is 0.0324. The minimum absolute atomic E-state index is 0.0753. The van der Waals surface area contributed by atoms with Gasteiger partial charge in [-0.2, -0.15) is 0 Å². The fourth-order valence-electron chi connectivity index (χ4n) is 3.76. The van der Waals surface area contributed by atoms with Crippen molar-refractivity contribution in [3.63, 3.8) is 0 Å². The molecule has 34 heavy (non-hydrogen) atoms. The first-order chi connectivity index (χ1) is 16.4. The number of hydrazine groups is 1. The number of nitrogens with one attached hydrogen (secondary N) is 2. The second-order valence-electron chi connectivity index (χ2n) is 8.12. The monoisotopic (exact) mass is 479 g/mol. The topological polar surface area (TPSA) is 79.9 Å². The number of anilines is 2. The smallest absolute Gasteiger partial charge is 0.243 e. The van der Waals surface area contributed by atoms with Crippen LogP contribution in [0.15, 0.2) is 66.7 Å². The van der Waals surface area contributed by atoms with Crippen LogP contribution in [-0.2, 0) is 16.2 Å². The van der Waals surface area contributed by atoms with E-state index in [1.165, 1.54) is 7.11 Å². The predicted molar refractivity (Wildman–Crippen MR) is 132 cm³/mol. The van der Waals surface area contributed by atoms with Crippen LogP contribution in [0.1, 0.15) is 17.5 Å². The SMILES string of the molecule is COc1cc(NNC(=O)[C@@H]2CC(=O)N(c3ccc(C)cc3)C2)cc(Cl)c1OCc1ccccc1. The fraction of sp³-hybridized carbons (Fsp3) is 0.231. The molecule has 7 nitrogen and oxygen atoms in total. The molecule has 4 rings (SSSR count). The van der Waals surface area contributed by atoms with Gasteiger partial charge in [0.05, 0.1) is 23.7 Å². The molecule has 1 atom stereocenters. The maximum absolute atomic E-state index is 12.7. The van der Waals surface area contributed by atoms with E-state index in [0.717, 1.165) is 16.8 Å². The summed E-state index contributed by atoms with van der Waals surface area (Å²) in [7, 11) is 1.52. The van der Waals surface area contributed by atoms with Gasteiger partial charge in [-0.1, -0.05) is 59.6 Å². The Kier molecular flexibility index (Phi) is 7.23. The molecule has 1 heterocycles. The van der Waals surface area contributed by atoms with Crippen molar-refractivity contribution in [1.82, 2.24) is 5.43 Å². The molecule has 0 radical (unpaired) electrons. The molecule has 0 aliphatic carbocycles. The van der Waals surface area contributed by atoms with Gasteiger partial charge in [-0.15, -0.1) is 0 Å². The minimum atomic E-state index is -0.466. The summed E-state index contributed by atoms with van der Waals surface area (Å²) in [6.07, 6.45) is 0.151. The molecule has 176 valence electrons. The van der Waals surface area contributed by atoms with Gasteiger partial charge in [0.15, 0.2) is 11.5 Å². The summed E-state index contributed by atoms with van der Waals surface area (Å²) < 4.78 is 11.3. The van der Waals surface area contributed by atoms with Gasteiger partial charge in [0.2, 0.25) is 11.8 Å². The molecule has 0 saturated carbocycles. The van der Waals surface area contributed by atoms with Gasteiger partial charge in [0, 0.05) is 24.7 Å². The minimum Gasteiger partial charge on any atom is -0.493 e. The number of amides is 2. The van der Waals surface area contributed by atoms with E-state index in [0.29, 0.717) is 35.4 Å². The Hall–Kier alpha value is -3.71. The van der Waals surface area contributed by atoms with Crippen LogP contribution in [0.25, 0.3) is 0 Å². The van der Waals surface area contributed by atoms with Crippen LogP contribution in [0.5, 0.6) is 11.5 Å². The van der Waals surface area contributed by atoms with Crippen molar-refractivity contribution in [2.24, 2.45) is 5.92 Å². The van der Waals surface area contributed by atoms with Crippen LogP contribution >= 0.6 is 11.6 Å². The van der Waals surface area contributed by atoms with Crippen molar-refractivity contribution in [2.75, 3.05) is 24.0 Å². The molecule has 1 aliphatic rings. The Morgan fingerprint density at radius 1 is 1.12 bits per heavy atom. The fourth-order valence-corrected chi connectivity index (χ4v) is 4.02. The third kappa shape index (κ3) is 5.43. The predicted octanol–water partition coefficient (Wildman–Crippen LogP) is 4.73. The van der Waals surface area contributed by atoms with Crippen LogP contribution in [0.4, 0.5) is 11.4 Å². The maximum Gasteiger partial charge on any atom is 0.243 e. The Labute approximate surface area is 203 Å². The van der Waals surface area contributed by atoms with Gasteiger partial charge in [-0.05, 0) is 30.7 Å². The molecule has 1 aliphatic heterocycles. The molecule has 3 aromatic rings. The summed E-state index contributed by atoms with van der Waals surface area (Å²) in [6, 6.07) is 20.7. The van der Waals surface area contributed by atoms with Crippen molar-refractivity contribution in [1.29, 1.82) is 0 Å². The van der Waals surface area contributed by atoms with Gasteiger partial charge in [0.25, 0.3) is 0 Å². The Morgan fingerprint density at radius 3 is 2.56 bits per heavy atom. The zero-order chi connectivity index (χ0) is 24.1. The van der Waals surface area contributed by atoms with Crippen LogP contribution in [0.3, 0.4) is 0 Å². The Morgan fingerprint density at radius 2 is 1.85 bits per heavy atom. The number of hydrogen-bond donors (Lipinski definition) is 2. The number of ether oxygens (including phenoxy) is 2. The summed E-state index contributed by atoms with van der Waals surface area (Å²) in [4.78, 5) is 26.8. The quantitative estimate of drug-likeness (QED) is 0.456. The molecule has 0 aromatic heterocycles. The highest BCUT2D eigenvalue weighted by Gasteiger charge is 2.35. The lowest BCUT2D eigenvalue weighted by Crippen LogP contribution is -2.36. The zero-order valence-electron chi connectivity index (χ0n) is 19.0.